The van der Waals surface area contributed by atoms with Gasteiger partial charge in [-0.1, -0.05) is 80.5 Å². The lowest BCUT2D eigenvalue weighted by molar-refractivity contribution is 0.344. The van der Waals surface area contributed by atoms with Gasteiger partial charge < -0.3 is 4.74 Å². The minimum absolute atomic E-state index is 0.0694. The Labute approximate surface area is 189 Å². The van der Waals surface area contributed by atoms with E-state index in [1.54, 1.807) is 10.6 Å². The van der Waals surface area contributed by atoms with E-state index in [2.05, 4.69) is 43.0 Å². The van der Waals surface area contributed by atoms with Crippen LogP contribution in [0.5, 0.6) is 5.75 Å². The molecular formula is C23H23ClN4O2S. The van der Waals surface area contributed by atoms with Gasteiger partial charge in [0.05, 0.1) is 11.6 Å². The first-order valence-corrected chi connectivity index (χ1v) is 11.3. The first-order chi connectivity index (χ1) is 14.8. The van der Waals surface area contributed by atoms with Crippen molar-refractivity contribution in [3.05, 3.63) is 75.5 Å². The van der Waals surface area contributed by atoms with Crippen LogP contribution in [0.3, 0.4) is 0 Å². The van der Waals surface area contributed by atoms with Crippen LogP contribution in [0, 0.1) is 0 Å². The molecule has 0 aliphatic carbocycles. The molecule has 0 unspecified atom stereocenters. The molecule has 2 aromatic heterocycles. The van der Waals surface area contributed by atoms with Crippen LogP contribution in [0.4, 0.5) is 0 Å². The summed E-state index contributed by atoms with van der Waals surface area (Å²) in [5.41, 5.74) is 2.52. The zero-order chi connectivity index (χ0) is 22.0. The number of rotatable bonds is 6. The Morgan fingerprint density at radius 3 is 2.55 bits per heavy atom. The number of hydrogen-bond acceptors (Lipinski definition) is 5. The Balaban J connectivity index is 1.56. The van der Waals surface area contributed by atoms with Gasteiger partial charge in [0.25, 0.3) is 5.56 Å². The molecule has 160 valence electrons. The van der Waals surface area contributed by atoms with Crippen molar-refractivity contribution in [1.82, 2.24) is 19.6 Å². The maximum atomic E-state index is 11.9. The molecule has 2 aromatic carbocycles. The van der Waals surface area contributed by atoms with Crippen molar-refractivity contribution in [2.24, 2.45) is 0 Å². The molecule has 31 heavy (non-hydrogen) atoms. The SMILES string of the molecule is CC(C)(C)c1ccc(-c2nc(SCCOc3ccccc3Cl)n3[nH]c(=O)cc3n2)cc1. The van der Waals surface area contributed by atoms with Crippen LogP contribution in [-0.2, 0) is 5.41 Å². The minimum atomic E-state index is -0.219. The van der Waals surface area contributed by atoms with Crippen LogP contribution < -0.4 is 10.3 Å². The summed E-state index contributed by atoms with van der Waals surface area (Å²) in [6, 6.07) is 17.1. The zero-order valence-corrected chi connectivity index (χ0v) is 19.1. The Kier molecular flexibility index (Phi) is 6.07. The predicted octanol–water partition coefficient (Wildman–Crippen LogP) is 5.21. The standard InChI is InChI=1S/C23H23ClN4O2S/c1-23(2,3)16-10-8-15(9-11-16)21-25-19-14-20(29)27-28(19)22(26-21)31-13-12-30-18-7-5-4-6-17(18)24/h4-11,14H,12-13H2,1-3H3,(H,27,29). The molecule has 0 fully saturated rings. The van der Waals surface area contributed by atoms with E-state index in [-0.39, 0.29) is 11.0 Å². The molecule has 0 aliphatic rings. The number of halogens is 1. The second-order valence-corrected chi connectivity index (χ2v) is 9.57. The second kappa shape index (κ2) is 8.77. The van der Waals surface area contributed by atoms with Gasteiger partial charge in [0, 0.05) is 17.4 Å². The molecule has 0 radical (unpaired) electrons. The number of para-hydroxylation sites is 1. The largest absolute Gasteiger partial charge is 0.491 e. The number of aromatic nitrogens is 4. The Hall–Kier alpha value is -2.77. The quantitative estimate of drug-likeness (QED) is 0.320. The van der Waals surface area contributed by atoms with Crippen LogP contribution in [0.1, 0.15) is 26.3 Å². The van der Waals surface area contributed by atoms with Crippen molar-refractivity contribution in [1.29, 1.82) is 0 Å². The van der Waals surface area contributed by atoms with Crippen molar-refractivity contribution < 1.29 is 4.74 Å². The summed E-state index contributed by atoms with van der Waals surface area (Å²) in [5.74, 6) is 1.85. The fourth-order valence-corrected chi connectivity index (χ4v) is 4.03. The van der Waals surface area contributed by atoms with Gasteiger partial charge in [0.1, 0.15) is 5.75 Å². The second-order valence-electron chi connectivity index (χ2n) is 8.10. The van der Waals surface area contributed by atoms with Crippen molar-refractivity contribution in [2.75, 3.05) is 12.4 Å². The first kappa shape index (κ1) is 21.5. The summed E-state index contributed by atoms with van der Waals surface area (Å²) >= 11 is 7.61. The van der Waals surface area contributed by atoms with Crippen LogP contribution in [0.2, 0.25) is 5.02 Å². The number of fused-ring (bicyclic) bond motifs is 1. The van der Waals surface area contributed by atoms with E-state index in [4.69, 9.17) is 21.3 Å². The maximum Gasteiger partial charge on any atom is 0.266 e. The highest BCUT2D eigenvalue weighted by Gasteiger charge is 2.15. The molecule has 0 saturated carbocycles. The summed E-state index contributed by atoms with van der Waals surface area (Å²) in [7, 11) is 0. The summed E-state index contributed by atoms with van der Waals surface area (Å²) < 4.78 is 7.36. The zero-order valence-electron chi connectivity index (χ0n) is 17.6. The normalized spacial score (nSPS) is 11.7. The van der Waals surface area contributed by atoms with Gasteiger partial charge in [-0.3, -0.25) is 9.89 Å². The third-order valence-electron chi connectivity index (χ3n) is 4.74. The third kappa shape index (κ3) is 4.94. The number of hydrogen-bond donors (Lipinski definition) is 1. The molecule has 0 spiro atoms. The molecule has 0 atom stereocenters. The summed E-state index contributed by atoms with van der Waals surface area (Å²) in [6.45, 7) is 6.98. The number of thioether (sulfide) groups is 1. The summed E-state index contributed by atoms with van der Waals surface area (Å²) in [6.07, 6.45) is 0. The van der Waals surface area contributed by atoms with Crippen LogP contribution in [0.15, 0.2) is 64.5 Å². The lowest BCUT2D eigenvalue weighted by Crippen LogP contribution is -2.10. The number of H-pyrrole nitrogens is 1. The van der Waals surface area contributed by atoms with Gasteiger partial charge in [0.2, 0.25) is 0 Å². The smallest absolute Gasteiger partial charge is 0.266 e. The fraction of sp³-hybridized carbons (Fsp3) is 0.261. The molecule has 0 saturated heterocycles. The predicted molar refractivity (Wildman–Crippen MR) is 125 cm³/mol. The van der Waals surface area contributed by atoms with Crippen LogP contribution in [-0.4, -0.2) is 31.9 Å². The topological polar surface area (TPSA) is 72.3 Å². The summed E-state index contributed by atoms with van der Waals surface area (Å²) in [4.78, 5) is 21.2. The molecule has 4 aromatic rings. The van der Waals surface area contributed by atoms with Crippen molar-refractivity contribution in [3.63, 3.8) is 0 Å². The van der Waals surface area contributed by atoms with E-state index in [0.29, 0.717) is 39.8 Å². The highest BCUT2D eigenvalue weighted by molar-refractivity contribution is 7.99. The van der Waals surface area contributed by atoms with Crippen LogP contribution in [0.25, 0.3) is 17.0 Å². The van der Waals surface area contributed by atoms with E-state index in [1.165, 1.54) is 23.4 Å². The van der Waals surface area contributed by atoms with Gasteiger partial charge in [-0.05, 0) is 23.1 Å². The molecule has 4 rings (SSSR count). The summed E-state index contributed by atoms with van der Waals surface area (Å²) in [5, 5.41) is 3.98. The highest BCUT2D eigenvalue weighted by atomic mass is 35.5. The molecule has 0 bridgehead atoms. The van der Waals surface area contributed by atoms with Gasteiger partial charge in [0.15, 0.2) is 16.6 Å². The first-order valence-electron chi connectivity index (χ1n) is 9.92. The molecule has 1 N–H and O–H groups in total. The van der Waals surface area contributed by atoms with Crippen molar-refractivity contribution in [2.45, 2.75) is 31.3 Å². The van der Waals surface area contributed by atoms with E-state index in [9.17, 15) is 4.79 Å². The fourth-order valence-electron chi connectivity index (χ4n) is 3.08. The monoisotopic (exact) mass is 454 g/mol. The van der Waals surface area contributed by atoms with Gasteiger partial charge in [-0.15, -0.1) is 0 Å². The maximum absolute atomic E-state index is 11.9. The molecule has 6 nitrogen and oxygen atoms in total. The van der Waals surface area contributed by atoms with Gasteiger partial charge in [-0.2, -0.15) is 0 Å². The van der Waals surface area contributed by atoms with Gasteiger partial charge >= 0.3 is 0 Å². The van der Waals surface area contributed by atoms with E-state index < -0.39 is 0 Å². The molecule has 8 heteroatoms. The van der Waals surface area contributed by atoms with E-state index >= 15 is 0 Å². The highest BCUT2D eigenvalue weighted by Crippen LogP contribution is 2.27. The number of nitrogens with zero attached hydrogens (tertiary/aromatic N) is 3. The number of benzene rings is 2. The number of aromatic amines is 1. The average molecular weight is 455 g/mol. The molecule has 0 amide bonds. The van der Waals surface area contributed by atoms with Crippen LogP contribution >= 0.6 is 23.4 Å². The average Bonchev–Trinajstić information content (AvgIpc) is 3.12. The molecular weight excluding hydrogens is 432 g/mol. The molecule has 2 heterocycles. The van der Waals surface area contributed by atoms with Crippen molar-refractivity contribution in [3.8, 4) is 17.1 Å². The van der Waals surface area contributed by atoms with Gasteiger partial charge in [-0.25, -0.2) is 14.5 Å². The van der Waals surface area contributed by atoms with E-state index in [1.807, 2.05) is 30.3 Å². The Morgan fingerprint density at radius 2 is 1.84 bits per heavy atom. The van der Waals surface area contributed by atoms with E-state index in [0.717, 1.165) is 5.56 Å². The molecule has 0 aliphatic heterocycles. The minimum Gasteiger partial charge on any atom is -0.491 e. The van der Waals surface area contributed by atoms with Crippen molar-refractivity contribution >= 4 is 29.0 Å². The number of nitrogens with one attached hydrogen (secondary N) is 1. The Morgan fingerprint density at radius 1 is 1.10 bits per heavy atom. The lowest BCUT2D eigenvalue weighted by atomic mass is 9.87. The Bertz CT molecular complexity index is 1260. The lowest BCUT2D eigenvalue weighted by Gasteiger charge is -2.19. The third-order valence-corrected chi connectivity index (χ3v) is 5.96. The number of ether oxygens (including phenoxy) is 1.